The third-order valence-corrected chi connectivity index (χ3v) is 5.70. The zero-order chi connectivity index (χ0) is 20.5. The molecule has 0 radical (unpaired) electrons. The Kier molecular flexibility index (Phi) is 5.79. The summed E-state index contributed by atoms with van der Waals surface area (Å²) in [5.74, 6) is 1.46. The summed E-state index contributed by atoms with van der Waals surface area (Å²) in [7, 11) is 0. The van der Waals surface area contributed by atoms with Crippen molar-refractivity contribution in [3.8, 4) is 0 Å². The second-order valence-electron chi connectivity index (χ2n) is 8.38. The highest BCUT2D eigenvalue weighted by Crippen LogP contribution is 2.38. The van der Waals surface area contributed by atoms with Gasteiger partial charge in [0.1, 0.15) is 11.5 Å². The molecule has 0 fully saturated rings. The molecule has 0 aromatic carbocycles. The van der Waals surface area contributed by atoms with Crippen LogP contribution in [0.25, 0.3) is 5.57 Å². The molecule has 28 heavy (non-hydrogen) atoms. The third-order valence-electron chi connectivity index (χ3n) is 5.70. The average Bonchev–Trinajstić information content (AvgIpc) is 3.24. The van der Waals surface area contributed by atoms with Gasteiger partial charge in [0, 0.05) is 6.54 Å². The molecule has 0 amide bonds. The number of rotatable bonds is 7. The van der Waals surface area contributed by atoms with Crippen molar-refractivity contribution >= 4 is 23.2 Å². The fourth-order valence-corrected chi connectivity index (χ4v) is 3.51. The number of carbonyl (C=O) groups is 1. The minimum atomic E-state index is -0.760. The van der Waals surface area contributed by atoms with Crippen LogP contribution in [0.4, 0.5) is 5.82 Å². The zero-order valence-corrected chi connectivity index (χ0v) is 17.1. The quantitative estimate of drug-likeness (QED) is 0.569. The summed E-state index contributed by atoms with van der Waals surface area (Å²) in [6.07, 6.45) is 4.62. The van der Waals surface area contributed by atoms with Crippen molar-refractivity contribution in [2.24, 2.45) is 16.3 Å². The van der Waals surface area contributed by atoms with Crippen molar-refractivity contribution in [2.75, 3.05) is 18.4 Å². The number of aliphatic imine (C=N–C) groups is 1. The highest BCUT2D eigenvalue weighted by molar-refractivity contribution is 6.02. The summed E-state index contributed by atoms with van der Waals surface area (Å²) < 4.78 is 0. The van der Waals surface area contributed by atoms with Crippen LogP contribution in [0.1, 0.15) is 64.9 Å². The molecule has 1 unspecified atom stereocenters. The van der Waals surface area contributed by atoms with Gasteiger partial charge in [0.15, 0.2) is 11.7 Å². The summed E-state index contributed by atoms with van der Waals surface area (Å²) in [4.78, 5) is 24.2. The molecule has 1 aliphatic heterocycles. The van der Waals surface area contributed by atoms with Crippen LogP contribution in [0.2, 0.25) is 0 Å². The van der Waals surface area contributed by atoms with E-state index in [2.05, 4.69) is 31.1 Å². The van der Waals surface area contributed by atoms with Crippen LogP contribution < -0.4 is 5.32 Å². The average molecular weight is 390 g/mol. The standard InChI is InChI=1S/C20H31N5O3/c1-5-10-21-17-15(18-22-14(12(2)3)11-25(18)28)23-16(24-17)13-6-8-20(4,9-7-13)19(26)27/h6,12,14,21,28H,5,7-11H2,1-4H3,(H,23,24)(H,26,27)/t14-,20?/m0/s1. The number of anilines is 1. The molecular formula is C20H31N5O3. The largest absolute Gasteiger partial charge is 0.481 e. The topological polar surface area (TPSA) is 114 Å². The number of aromatic amines is 1. The Morgan fingerprint density at radius 2 is 2.25 bits per heavy atom. The van der Waals surface area contributed by atoms with Gasteiger partial charge in [0.2, 0.25) is 0 Å². The van der Waals surface area contributed by atoms with Gasteiger partial charge >= 0.3 is 5.97 Å². The number of aliphatic carboxylic acids is 1. The lowest BCUT2D eigenvalue weighted by Crippen LogP contribution is -2.29. The molecule has 0 saturated carbocycles. The lowest BCUT2D eigenvalue weighted by Gasteiger charge is -2.27. The number of aromatic nitrogens is 2. The Morgan fingerprint density at radius 3 is 2.79 bits per heavy atom. The number of hydrogen-bond donors (Lipinski definition) is 4. The fourth-order valence-electron chi connectivity index (χ4n) is 3.51. The molecule has 154 valence electrons. The number of hydrogen-bond acceptors (Lipinski definition) is 6. The lowest BCUT2D eigenvalue weighted by molar-refractivity contribution is -0.148. The van der Waals surface area contributed by atoms with Crippen LogP contribution >= 0.6 is 0 Å². The predicted octanol–water partition coefficient (Wildman–Crippen LogP) is 3.37. The van der Waals surface area contributed by atoms with Crippen molar-refractivity contribution in [1.29, 1.82) is 0 Å². The van der Waals surface area contributed by atoms with Gasteiger partial charge in [-0.2, -0.15) is 0 Å². The van der Waals surface area contributed by atoms with Crippen LogP contribution in [0.15, 0.2) is 11.1 Å². The molecule has 8 nitrogen and oxygen atoms in total. The molecular weight excluding hydrogens is 358 g/mol. The maximum Gasteiger partial charge on any atom is 0.309 e. The first-order chi connectivity index (χ1) is 13.2. The molecule has 8 heteroatoms. The number of imidazole rings is 1. The van der Waals surface area contributed by atoms with E-state index in [9.17, 15) is 15.1 Å². The summed E-state index contributed by atoms with van der Waals surface area (Å²) in [6, 6.07) is 0.0379. The maximum atomic E-state index is 11.5. The van der Waals surface area contributed by atoms with Crippen molar-refractivity contribution in [1.82, 2.24) is 15.0 Å². The molecule has 4 N–H and O–H groups in total. The molecule has 2 atom stereocenters. The first kappa shape index (κ1) is 20.4. The fraction of sp³-hybridized carbons (Fsp3) is 0.650. The number of carboxylic acids is 1. The highest BCUT2D eigenvalue weighted by atomic mass is 16.5. The van der Waals surface area contributed by atoms with Gasteiger partial charge in [0.05, 0.1) is 18.0 Å². The van der Waals surface area contributed by atoms with Gasteiger partial charge in [-0.15, -0.1) is 0 Å². The van der Waals surface area contributed by atoms with E-state index in [1.807, 2.05) is 6.08 Å². The van der Waals surface area contributed by atoms with Crippen LogP contribution in [0.3, 0.4) is 0 Å². The molecule has 1 aromatic rings. The van der Waals surface area contributed by atoms with Gasteiger partial charge in [-0.25, -0.2) is 10.0 Å². The van der Waals surface area contributed by atoms with Crippen molar-refractivity contribution in [2.45, 2.75) is 59.4 Å². The molecule has 0 bridgehead atoms. The van der Waals surface area contributed by atoms with E-state index < -0.39 is 11.4 Å². The Balaban J connectivity index is 1.92. The van der Waals surface area contributed by atoms with E-state index in [4.69, 9.17) is 9.98 Å². The van der Waals surface area contributed by atoms with Gasteiger partial charge in [-0.3, -0.25) is 15.0 Å². The number of carboxylic acid groups (broad SMARTS) is 1. The predicted molar refractivity (Wildman–Crippen MR) is 109 cm³/mol. The van der Waals surface area contributed by atoms with E-state index in [0.717, 1.165) is 18.5 Å². The summed E-state index contributed by atoms with van der Waals surface area (Å²) in [5.41, 5.74) is 0.971. The minimum absolute atomic E-state index is 0.0379. The van der Waals surface area contributed by atoms with Crippen LogP contribution in [-0.4, -0.2) is 56.3 Å². The second kappa shape index (κ2) is 7.95. The normalized spacial score (nSPS) is 25.1. The smallest absolute Gasteiger partial charge is 0.309 e. The monoisotopic (exact) mass is 389 g/mol. The maximum absolute atomic E-state index is 11.5. The number of nitrogens with one attached hydrogen (secondary N) is 2. The Hall–Kier alpha value is -2.35. The van der Waals surface area contributed by atoms with Crippen LogP contribution in [-0.2, 0) is 4.79 Å². The summed E-state index contributed by atoms with van der Waals surface area (Å²) in [5, 5.41) is 24.3. The lowest BCUT2D eigenvalue weighted by atomic mass is 9.76. The first-order valence-electron chi connectivity index (χ1n) is 10.1. The Morgan fingerprint density at radius 1 is 1.50 bits per heavy atom. The van der Waals surface area contributed by atoms with Crippen LogP contribution in [0, 0.1) is 11.3 Å². The minimum Gasteiger partial charge on any atom is -0.481 e. The second-order valence-corrected chi connectivity index (χ2v) is 8.38. The van der Waals surface area contributed by atoms with Gasteiger partial charge in [0.25, 0.3) is 0 Å². The van der Waals surface area contributed by atoms with E-state index in [1.165, 1.54) is 5.06 Å². The van der Waals surface area contributed by atoms with Gasteiger partial charge in [-0.1, -0.05) is 26.8 Å². The Labute approximate surface area is 165 Å². The SMILES string of the molecule is CCCNc1nc(C2=CCC(C)(C(=O)O)CC2)[nH]c1C1=N[C@H](C(C)C)CN1O. The zero-order valence-electron chi connectivity index (χ0n) is 17.1. The first-order valence-corrected chi connectivity index (χ1v) is 10.1. The summed E-state index contributed by atoms with van der Waals surface area (Å²) in [6.45, 7) is 9.27. The molecule has 0 spiro atoms. The molecule has 3 rings (SSSR count). The third kappa shape index (κ3) is 3.92. The number of H-pyrrole nitrogens is 1. The molecule has 1 aromatic heterocycles. The Bertz CT molecular complexity index is 798. The van der Waals surface area contributed by atoms with Gasteiger partial charge < -0.3 is 15.4 Å². The highest BCUT2D eigenvalue weighted by Gasteiger charge is 2.36. The molecule has 0 saturated heterocycles. The number of amidine groups is 1. The van der Waals surface area contributed by atoms with E-state index >= 15 is 0 Å². The molecule has 2 aliphatic rings. The van der Waals surface area contributed by atoms with E-state index in [0.29, 0.717) is 54.9 Å². The van der Waals surface area contributed by atoms with Crippen molar-refractivity contribution in [3.63, 3.8) is 0 Å². The molecule has 1 aliphatic carbocycles. The van der Waals surface area contributed by atoms with E-state index in [-0.39, 0.29) is 6.04 Å². The van der Waals surface area contributed by atoms with Crippen molar-refractivity contribution < 1.29 is 15.1 Å². The summed E-state index contributed by atoms with van der Waals surface area (Å²) >= 11 is 0. The number of nitrogens with zero attached hydrogens (tertiary/aromatic N) is 3. The number of hydroxylamine groups is 2. The van der Waals surface area contributed by atoms with E-state index in [1.54, 1.807) is 6.92 Å². The number of allylic oxidation sites excluding steroid dienone is 2. The van der Waals surface area contributed by atoms with Gasteiger partial charge in [-0.05, 0) is 44.1 Å². The van der Waals surface area contributed by atoms with Crippen LogP contribution in [0.5, 0.6) is 0 Å². The van der Waals surface area contributed by atoms with Crippen molar-refractivity contribution in [3.05, 3.63) is 17.6 Å². The molecule has 2 heterocycles.